The summed E-state index contributed by atoms with van der Waals surface area (Å²) in [6, 6.07) is 13.7. The van der Waals surface area contributed by atoms with Crippen molar-refractivity contribution < 1.29 is 19.4 Å². The number of carbonyl (C=O) groups excluding carboxylic acids is 1. The number of benzene rings is 2. The van der Waals surface area contributed by atoms with Gasteiger partial charge in [-0.3, -0.25) is 0 Å². The second-order valence-corrected chi connectivity index (χ2v) is 5.83. The van der Waals surface area contributed by atoms with Gasteiger partial charge in [-0.15, -0.1) is 11.3 Å². The van der Waals surface area contributed by atoms with E-state index < -0.39 is 5.97 Å². The summed E-state index contributed by atoms with van der Waals surface area (Å²) in [4.78, 5) is 16.5. The van der Waals surface area contributed by atoms with Crippen LogP contribution >= 0.6 is 11.3 Å². The van der Waals surface area contributed by atoms with E-state index in [9.17, 15) is 9.90 Å². The van der Waals surface area contributed by atoms with Crippen molar-refractivity contribution in [3.8, 4) is 22.1 Å². The molecule has 0 spiro atoms. The third-order valence-electron chi connectivity index (χ3n) is 3.32. The molecule has 0 aliphatic rings. The van der Waals surface area contributed by atoms with Gasteiger partial charge in [0.1, 0.15) is 23.1 Å². The molecule has 0 saturated carbocycles. The molecule has 1 heterocycles. The highest BCUT2D eigenvalue weighted by Crippen LogP contribution is 2.32. The van der Waals surface area contributed by atoms with Gasteiger partial charge in [-0.25, -0.2) is 9.78 Å². The fourth-order valence-electron chi connectivity index (χ4n) is 2.17. The number of phenolic OH excluding ortho intramolecular Hbond substituents is 1. The van der Waals surface area contributed by atoms with E-state index in [1.165, 1.54) is 23.5 Å². The van der Waals surface area contributed by atoms with Gasteiger partial charge in [0.15, 0.2) is 0 Å². The molecule has 0 fully saturated rings. The maximum atomic E-state index is 12.0. The summed E-state index contributed by atoms with van der Waals surface area (Å²) in [5.74, 6) is 0.268. The average Bonchev–Trinajstić information content (AvgIpc) is 3.08. The number of para-hydroxylation sites is 1. The van der Waals surface area contributed by atoms with Gasteiger partial charge in [0.25, 0.3) is 0 Å². The van der Waals surface area contributed by atoms with Gasteiger partial charge in [0.05, 0.1) is 23.9 Å². The summed E-state index contributed by atoms with van der Waals surface area (Å²) < 4.78 is 10.6. The van der Waals surface area contributed by atoms with Crippen LogP contribution in [0, 0.1) is 0 Å². The van der Waals surface area contributed by atoms with Gasteiger partial charge in [-0.05, 0) is 30.3 Å². The molecule has 0 amide bonds. The molecule has 2 aromatic carbocycles. The summed E-state index contributed by atoms with van der Waals surface area (Å²) in [6.45, 7) is 0.0696. The number of carbonyl (C=O) groups is 1. The van der Waals surface area contributed by atoms with Gasteiger partial charge in [-0.1, -0.05) is 18.2 Å². The molecular formula is C18H15NO4S. The van der Waals surface area contributed by atoms with E-state index in [2.05, 4.69) is 4.98 Å². The van der Waals surface area contributed by atoms with Crippen LogP contribution in [0.4, 0.5) is 0 Å². The zero-order valence-corrected chi connectivity index (χ0v) is 13.7. The Morgan fingerprint density at radius 3 is 2.83 bits per heavy atom. The minimum atomic E-state index is -0.502. The standard InChI is InChI=1S/C18H15NO4S/c1-22-16-8-3-2-7-15(16)17-19-13(11-24-17)10-23-18(21)12-5-4-6-14(20)9-12/h2-9,11,20H,10H2,1H3. The number of rotatable bonds is 5. The lowest BCUT2D eigenvalue weighted by Crippen LogP contribution is -2.05. The van der Waals surface area contributed by atoms with Crippen LogP contribution in [0.25, 0.3) is 10.6 Å². The molecule has 3 rings (SSSR count). The third-order valence-corrected chi connectivity index (χ3v) is 4.25. The SMILES string of the molecule is COc1ccccc1-c1nc(COC(=O)c2cccc(O)c2)cs1. The van der Waals surface area contributed by atoms with Crippen LogP contribution in [0.3, 0.4) is 0 Å². The second kappa shape index (κ2) is 7.14. The van der Waals surface area contributed by atoms with E-state index in [1.807, 2.05) is 29.6 Å². The number of hydrogen-bond donors (Lipinski definition) is 1. The third kappa shape index (κ3) is 3.55. The normalized spacial score (nSPS) is 10.4. The quantitative estimate of drug-likeness (QED) is 0.713. The number of esters is 1. The first-order chi connectivity index (χ1) is 11.7. The molecule has 0 aliphatic heterocycles. The van der Waals surface area contributed by atoms with Crippen LogP contribution in [0.1, 0.15) is 16.1 Å². The summed E-state index contributed by atoms with van der Waals surface area (Å²) >= 11 is 1.46. The fourth-order valence-corrected chi connectivity index (χ4v) is 3.01. The van der Waals surface area contributed by atoms with Crippen LogP contribution in [-0.4, -0.2) is 23.2 Å². The van der Waals surface area contributed by atoms with Crippen molar-refractivity contribution in [3.05, 3.63) is 65.2 Å². The molecule has 5 nitrogen and oxygen atoms in total. The summed E-state index contributed by atoms with van der Waals surface area (Å²) in [6.07, 6.45) is 0. The molecule has 0 saturated heterocycles. The number of hydrogen-bond acceptors (Lipinski definition) is 6. The first-order valence-electron chi connectivity index (χ1n) is 7.21. The average molecular weight is 341 g/mol. The van der Waals surface area contributed by atoms with E-state index in [0.29, 0.717) is 11.3 Å². The Kier molecular flexibility index (Phi) is 4.77. The Hall–Kier alpha value is -2.86. The molecule has 6 heteroatoms. The maximum Gasteiger partial charge on any atom is 0.338 e. The van der Waals surface area contributed by atoms with Crippen LogP contribution in [0.15, 0.2) is 53.9 Å². The van der Waals surface area contributed by atoms with Gasteiger partial charge >= 0.3 is 5.97 Å². The van der Waals surface area contributed by atoms with Crippen molar-refractivity contribution >= 4 is 17.3 Å². The smallest absolute Gasteiger partial charge is 0.338 e. The van der Waals surface area contributed by atoms with Gasteiger partial charge in [0, 0.05) is 5.38 Å². The number of thiazole rings is 1. The largest absolute Gasteiger partial charge is 0.508 e. The van der Waals surface area contributed by atoms with Crippen LogP contribution in [0.2, 0.25) is 0 Å². The topological polar surface area (TPSA) is 68.7 Å². The van der Waals surface area contributed by atoms with Crippen molar-refractivity contribution in [3.63, 3.8) is 0 Å². The molecular weight excluding hydrogens is 326 g/mol. The highest BCUT2D eigenvalue weighted by atomic mass is 32.1. The Morgan fingerprint density at radius 1 is 1.21 bits per heavy atom. The van der Waals surface area contributed by atoms with Crippen molar-refractivity contribution in [2.75, 3.05) is 7.11 Å². The summed E-state index contributed by atoms with van der Waals surface area (Å²) in [7, 11) is 1.62. The molecule has 1 N–H and O–H groups in total. The molecule has 0 radical (unpaired) electrons. The number of nitrogens with zero attached hydrogens (tertiary/aromatic N) is 1. The van der Waals surface area contributed by atoms with E-state index in [0.717, 1.165) is 16.3 Å². The maximum absolute atomic E-state index is 12.0. The summed E-state index contributed by atoms with van der Waals surface area (Å²) in [5, 5.41) is 12.0. The zero-order chi connectivity index (χ0) is 16.9. The first kappa shape index (κ1) is 16.0. The minimum Gasteiger partial charge on any atom is -0.508 e. The molecule has 24 heavy (non-hydrogen) atoms. The highest BCUT2D eigenvalue weighted by molar-refractivity contribution is 7.13. The molecule has 0 aliphatic carbocycles. The van der Waals surface area contributed by atoms with E-state index in [1.54, 1.807) is 19.2 Å². The number of aromatic nitrogens is 1. The molecule has 1 aromatic heterocycles. The lowest BCUT2D eigenvalue weighted by Gasteiger charge is -2.05. The van der Waals surface area contributed by atoms with Gasteiger partial charge in [-0.2, -0.15) is 0 Å². The number of phenols is 1. The highest BCUT2D eigenvalue weighted by Gasteiger charge is 2.12. The van der Waals surface area contributed by atoms with Crippen LogP contribution < -0.4 is 4.74 Å². The van der Waals surface area contributed by atoms with Crippen molar-refractivity contribution in [1.29, 1.82) is 0 Å². The Bertz CT molecular complexity index is 859. The molecule has 0 bridgehead atoms. The lowest BCUT2D eigenvalue weighted by molar-refractivity contribution is 0.0468. The fraction of sp³-hybridized carbons (Fsp3) is 0.111. The Balaban J connectivity index is 1.69. The second-order valence-electron chi connectivity index (χ2n) is 4.97. The molecule has 0 unspecified atom stereocenters. The number of ether oxygens (including phenoxy) is 2. The molecule has 3 aromatic rings. The minimum absolute atomic E-state index is 0.0246. The molecule has 122 valence electrons. The Labute approximate surface area is 143 Å². The lowest BCUT2D eigenvalue weighted by atomic mass is 10.2. The zero-order valence-electron chi connectivity index (χ0n) is 12.9. The summed E-state index contributed by atoms with van der Waals surface area (Å²) in [5.41, 5.74) is 1.86. The Morgan fingerprint density at radius 2 is 2.04 bits per heavy atom. The molecule has 0 atom stereocenters. The number of methoxy groups -OCH3 is 1. The van der Waals surface area contributed by atoms with Crippen molar-refractivity contribution in [2.45, 2.75) is 6.61 Å². The van der Waals surface area contributed by atoms with Crippen molar-refractivity contribution in [1.82, 2.24) is 4.98 Å². The monoisotopic (exact) mass is 341 g/mol. The predicted octanol–water partition coefficient (Wildman–Crippen LogP) is 3.88. The van der Waals surface area contributed by atoms with E-state index in [-0.39, 0.29) is 12.4 Å². The number of aromatic hydroxyl groups is 1. The van der Waals surface area contributed by atoms with E-state index in [4.69, 9.17) is 9.47 Å². The van der Waals surface area contributed by atoms with Gasteiger partial charge < -0.3 is 14.6 Å². The van der Waals surface area contributed by atoms with Crippen LogP contribution in [-0.2, 0) is 11.3 Å². The predicted molar refractivity (Wildman–Crippen MR) is 91.3 cm³/mol. The van der Waals surface area contributed by atoms with Gasteiger partial charge in [0.2, 0.25) is 0 Å². The van der Waals surface area contributed by atoms with Crippen LogP contribution in [0.5, 0.6) is 11.5 Å². The van der Waals surface area contributed by atoms with Crippen molar-refractivity contribution in [2.24, 2.45) is 0 Å². The van der Waals surface area contributed by atoms with E-state index >= 15 is 0 Å². The first-order valence-corrected chi connectivity index (χ1v) is 8.09.